The molecule has 106 valence electrons. The lowest BCUT2D eigenvalue weighted by Crippen LogP contribution is -2.25. The number of unbranched alkanes of at least 4 members (excludes halogenated alkanes) is 1. The van der Waals surface area contributed by atoms with Gasteiger partial charge in [-0.2, -0.15) is 0 Å². The Balaban J connectivity index is 2.10. The van der Waals surface area contributed by atoms with Crippen molar-refractivity contribution in [2.45, 2.75) is 52.0 Å². The summed E-state index contributed by atoms with van der Waals surface area (Å²) < 4.78 is 0. The number of nitrogens with zero attached hydrogens (tertiary/aromatic N) is 2. The van der Waals surface area contributed by atoms with Gasteiger partial charge < -0.3 is 5.32 Å². The zero-order valence-corrected chi connectivity index (χ0v) is 12.4. The Hall–Kier alpha value is -1.09. The molecule has 0 radical (unpaired) electrons. The van der Waals surface area contributed by atoms with Gasteiger partial charge >= 0.3 is 0 Å². The third-order valence-electron chi connectivity index (χ3n) is 3.90. The molecule has 0 bridgehead atoms. The summed E-state index contributed by atoms with van der Waals surface area (Å²) in [7, 11) is 0. The van der Waals surface area contributed by atoms with Gasteiger partial charge in [0.25, 0.3) is 0 Å². The predicted octanol–water partition coefficient (Wildman–Crippen LogP) is 3.84. The molecule has 1 aromatic heterocycles. The van der Waals surface area contributed by atoms with E-state index in [-0.39, 0.29) is 0 Å². The van der Waals surface area contributed by atoms with Crippen molar-refractivity contribution in [3.05, 3.63) is 23.9 Å². The van der Waals surface area contributed by atoms with E-state index in [0.717, 1.165) is 18.8 Å². The zero-order chi connectivity index (χ0) is 13.5. The van der Waals surface area contributed by atoms with Crippen LogP contribution in [0, 0.1) is 0 Å². The molecule has 19 heavy (non-hydrogen) atoms. The summed E-state index contributed by atoms with van der Waals surface area (Å²) in [6.07, 6.45) is 8.20. The van der Waals surface area contributed by atoms with Crippen LogP contribution in [0.15, 0.2) is 18.3 Å². The number of nitrogens with one attached hydrogen (secondary N) is 1. The molecule has 2 heterocycles. The molecule has 3 heteroatoms. The Bertz CT molecular complexity index is 378. The summed E-state index contributed by atoms with van der Waals surface area (Å²) in [6, 6.07) is 4.89. The Morgan fingerprint density at radius 3 is 3.05 bits per heavy atom. The van der Waals surface area contributed by atoms with Crippen LogP contribution in [0.25, 0.3) is 0 Å². The number of likely N-dealkylation sites (tertiary alicyclic amines) is 1. The lowest BCUT2D eigenvalue weighted by atomic mass is 10.0. The Labute approximate surface area is 117 Å². The summed E-state index contributed by atoms with van der Waals surface area (Å²) in [6.45, 7) is 7.93. The third kappa shape index (κ3) is 3.69. The predicted molar refractivity (Wildman–Crippen MR) is 81.5 cm³/mol. The van der Waals surface area contributed by atoms with Gasteiger partial charge in [0.05, 0.1) is 0 Å². The fourth-order valence-corrected chi connectivity index (χ4v) is 2.88. The van der Waals surface area contributed by atoms with Gasteiger partial charge in [-0.1, -0.05) is 26.3 Å². The highest BCUT2D eigenvalue weighted by atomic mass is 15.2. The summed E-state index contributed by atoms with van der Waals surface area (Å²) >= 11 is 0. The quantitative estimate of drug-likeness (QED) is 0.808. The Morgan fingerprint density at radius 1 is 1.37 bits per heavy atom. The maximum Gasteiger partial charge on any atom is 0.130 e. The van der Waals surface area contributed by atoms with Crippen LogP contribution in [0.5, 0.6) is 0 Å². The molecule has 1 fully saturated rings. The van der Waals surface area contributed by atoms with Crippen molar-refractivity contribution in [1.82, 2.24) is 9.88 Å². The molecule has 1 aromatic rings. The van der Waals surface area contributed by atoms with E-state index in [1.165, 1.54) is 44.3 Å². The molecule has 1 aliphatic heterocycles. The van der Waals surface area contributed by atoms with E-state index in [9.17, 15) is 0 Å². The van der Waals surface area contributed by atoms with Gasteiger partial charge in [0.2, 0.25) is 0 Å². The van der Waals surface area contributed by atoms with Crippen molar-refractivity contribution in [2.24, 2.45) is 0 Å². The molecule has 1 atom stereocenters. The minimum Gasteiger partial charge on any atom is -0.370 e. The number of hydrogen-bond acceptors (Lipinski definition) is 3. The summed E-state index contributed by atoms with van der Waals surface area (Å²) in [5.41, 5.74) is 1.39. The maximum atomic E-state index is 4.54. The molecule has 0 aliphatic carbocycles. The van der Waals surface area contributed by atoms with Gasteiger partial charge in [0, 0.05) is 24.3 Å². The number of hydrogen-bond donors (Lipinski definition) is 1. The van der Waals surface area contributed by atoms with Crippen LogP contribution >= 0.6 is 0 Å². The molecular formula is C16H27N3. The average molecular weight is 261 g/mol. The second-order valence-corrected chi connectivity index (χ2v) is 5.42. The molecule has 0 aromatic carbocycles. The Morgan fingerprint density at radius 2 is 2.26 bits per heavy atom. The zero-order valence-electron chi connectivity index (χ0n) is 12.4. The first-order chi connectivity index (χ1) is 9.36. The van der Waals surface area contributed by atoms with Gasteiger partial charge in [-0.05, 0) is 44.8 Å². The van der Waals surface area contributed by atoms with Crippen LogP contribution in [0.1, 0.15) is 57.6 Å². The fourth-order valence-electron chi connectivity index (χ4n) is 2.88. The van der Waals surface area contributed by atoms with Crippen molar-refractivity contribution in [3.63, 3.8) is 0 Å². The monoisotopic (exact) mass is 261 g/mol. The van der Waals surface area contributed by atoms with Crippen LogP contribution in [-0.2, 0) is 0 Å². The molecule has 2 rings (SSSR count). The smallest absolute Gasteiger partial charge is 0.130 e. The van der Waals surface area contributed by atoms with Crippen molar-refractivity contribution < 1.29 is 0 Å². The van der Waals surface area contributed by atoms with Crippen LogP contribution in [0.2, 0.25) is 0 Å². The highest BCUT2D eigenvalue weighted by Gasteiger charge is 2.27. The van der Waals surface area contributed by atoms with E-state index in [4.69, 9.17) is 0 Å². The normalized spacial score (nSPS) is 19.8. The second-order valence-electron chi connectivity index (χ2n) is 5.42. The summed E-state index contributed by atoms with van der Waals surface area (Å²) in [5.74, 6) is 1.10. The first kappa shape index (κ1) is 14.3. The van der Waals surface area contributed by atoms with Crippen LogP contribution in [-0.4, -0.2) is 29.5 Å². The largest absolute Gasteiger partial charge is 0.370 e. The third-order valence-corrected chi connectivity index (χ3v) is 3.90. The molecule has 3 nitrogen and oxygen atoms in total. The van der Waals surface area contributed by atoms with Crippen molar-refractivity contribution in [1.29, 1.82) is 0 Å². The molecular weight excluding hydrogens is 234 g/mol. The Kier molecular flexibility index (Phi) is 5.64. The molecule has 0 spiro atoms. The summed E-state index contributed by atoms with van der Waals surface area (Å²) in [5, 5.41) is 3.48. The van der Waals surface area contributed by atoms with Crippen molar-refractivity contribution in [2.75, 3.05) is 25.0 Å². The van der Waals surface area contributed by atoms with Gasteiger partial charge in [0.1, 0.15) is 5.82 Å². The first-order valence-electron chi connectivity index (χ1n) is 7.79. The van der Waals surface area contributed by atoms with Gasteiger partial charge in [-0.15, -0.1) is 0 Å². The number of rotatable bonds is 7. The fraction of sp³-hybridized carbons (Fsp3) is 0.688. The van der Waals surface area contributed by atoms with Gasteiger partial charge in [-0.25, -0.2) is 4.98 Å². The van der Waals surface area contributed by atoms with Crippen molar-refractivity contribution >= 4 is 5.82 Å². The average Bonchev–Trinajstić information content (AvgIpc) is 2.91. The molecule has 0 saturated carbocycles. The van der Waals surface area contributed by atoms with Gasteiger partial charge in [-0.3, -0.25) is 4.90 Å². The lowest BCUT2D eigenvalue weighted by Gasteiger charge is -2.26. The number of aromatic nitrogens is 1. The van der Waals surface area contributed by atoms with E-state index in [1.807, 2.05) is 6.20 Å². The minimum absolute atomic E-state index is 0.569. The lowest BCUT2D eigenvalue weighted by molar-refractivity contribution is 0.253. The van der Waals surface area contributed by atoms with E-state index in [0.29, 0.717) is 6.04 Å². The van der Waals surface area contributed by atoms with Crippen LogP contribution in [0.3, 0.4) is 0 Å². The first-order valence-corrected chi connectivity index (χ1v) is 7.79. The highest BCUT2D eigenvalue weighted by molar-refractivity contribution is 5.46. The summed E-state index contributed by atoms with van der Waals surface area (Å²) in [4.78, 5) is 7.17. The van der Waals surface area contributed by atoms with E-state index < -0.39 is 0 Å². The van der Waals surface area contributed by atoms with Crippen LogP contribution < -0.4 is 5.32 Å². The highest BCUT2D eigenvalue weighted by Crippen LogP contribution is 2.35. The molecule has 1 saturated heterocycles. The maximum absolute atomic E-state index is 4.54. The van der Waals surface area contributed by atoms with Crippen molar-refractivity contribution in [3.8, 4) is 0 Å². The van der Waals surface area contributed by atoms with Gasteiger partial charge in [0.15, 0.2) is 0 Å². The second kappa shape index (κ2) is 7.49. The molecule has 1 unspecified atom stereocenters. The molecule has 1 aliphatic rings. The SMILES string of the molecule is CCCCN1CCCC1c1cccnc1NCCC. The standard InChI is InChI=1S/C16H27N3/c1-3-5-12-19-13-7-9-15(19)14-8-6-11-18-16(14)17-10-4-2/h6,8,11,15H,3-5,7,9-10,12-13H2,1-2H3,(H,17,18). The molecule has 1 N–H and O–H groups in total. The van der Waals surface area contributed by atoms with E-state index in [2.05, 4.69) is 41.2 Å². The number of pyridine rings is 1. The van der Waals surface area contributed by atoms with Crippen LogP contribution in [0.4, 0.5) is 5.82 Å². The number of anilines is 1. The molecule has 0 amide bonds. The van der Waals surface area contributed by atoms with E-state index >= 15 is 0 Å². The van der Waals surface area contributed by atoms with E-state index in [1.54, 1.807) is 0 Å². The minimum atomic E-state index is 0.569. The topological polar surface area (TPSA) is 28.2 Å².